The molecule has 1 heterocycles. The summed E-state index contributed by atoms with van der Waals surface area (Å²) in [5, 5.41) is 0. The quantitative estimate of drug-likeness (QED) is 0.623. The van der Waals surface area contributed by atoms with Gasteiger partial charge in [0.15, 0.2) is 0 Å². The van der Waals surface area contributed by atoms with Gasteiger partial charge >= 0.3 is 0 Å². The maximum absolute atomic E-state index is 2.23. The van der Waals surface area contributed by atoms with E-state index in [2.05, 4.69) is 24.3 Å². The predicted octanol–water partition coefficient (Wildman–Crippen LogP) is 4.67. The van der Waals surface area contributed by atoms with Crippen LogP contribution in [0.5, 0.6) is 0 Å². The summed E-state index contributed by atoms with van der Waals surface area (Å²) in [6, 6.07) is 8.73. The first kappa shape index (κ1) is 8.93. The molecule has 3 rings (SSSR count). The Morgan fingerprint density at radius 2 is 1.43 bits per heavy atom. The highest BCUT2D eigenvalue weighted by molar-refractivity contribution is 8.24. The summed E-state index contributed by atoms with van der Waals surface area (Å²) in [5.41, 5.74) is 1.70. The summed E-state index contributed by atoms with van der Waals surface area (Å²) in [7, 11) is 0. The van der Waals surface area contributed by atoms with Crippen molar-refractivity contribution in [3.8, 4) is 0 Å². The third-order valence-corrected chi connectivity index (χ3v) is 5.48. The Morgan fingerprint density at radius 3 is 2.00 bits per heavy atom. The van der Waals surface area contributed by atoms with E-state index in [1.165, 1.54) is 35.5 Å². The SMILES string of the molecule is c1ccc2c(c1)SC(=C1CCCC1)S2. The molecule has 1 aliphatic carbocycles. The summed E-state index contributed by atoms with van der Waals surface area (Å²) >= 11 is 3.95. The highest BCUT2D eigenvalue weighted by Gasteiger charge is 2.21. The van der Waals surface area contributed by atoms with Crippen molar-refractivity contribution in [1.29, 1.82) is 0 Å². The molecule has 0 radical (unpaired) electrons. The van der Waals surface area contributed by atoms with Gasteiger partial charge in [0, 0.05) is 14.0 Å². The molecule has 1 fully saturated rings. The fraction of sp³-hybridized carbons (Fsp3) is 0.333. The fourth-order valence-corrected chi connectivity index (χ4v) is 4.67. The monoisotopic (exact) mass is 220 g/mol. The van der Waals surface area contributed by atoms with E-state index in [1.807, 2.05) is 23.5 Å². The lowest BCUT2D eigenvalue weighted by Crippen LogP contribution is -1.73. The lowest BCUT2D eigenvalue weighted by Gasteiger charge is -1.99. The van der Waals surface area contributed by atoms with Crippen LogP contribution in [0.15, 0.2) is 43.9 Å². The van der Waals surface area contributed by atoms with Crippen LogP contribution < -0.4 is 0 Å². The number of fused-ring (bicyclic) bond motifs is 1. The van der Waals surface area contributed by atoms with Crippen molar-refractivity contribution < 1.29 is 0 Å². The van der Waals surface area contributed by atoms with Crippen LogP contribution >= 0.6 is 23.5 Å². The number of hydrogen-bond acceptors (Lipinski definition) is 2. The van der Waals surface area contributed by atoms with E-state index in [0.29, 0.717) is 0 Å². The number of benzene rings is 1. The van der Waals surface area contributed by atoms with Crippen molar-refractivity contribution >= 4 is 23.5 Å². The van der Waals surface area contributed by atoms with Crippen LogP contribution in [0.3, 0.4) is 0 Å². The van der Waals surface area contributed by atoms with Gasteiger partial charge in [-0.2, -0.15) is 0 Å². The second kappa shape index (κ2) is 3.67. The topological polar surface area (TPSA) is 0 Å². The molecule has 0 aromatic heterocycles. The number of rotatable bonds is 0. The van der Waals surface area contributed by atoms with Crippen LogP contribution in [0.25, 0.3) is 0 Å². The van der Waals surface area contributed by atoms with E-state index in [-0.39, 0.29) is 0 Å². The van der Waals surface area contributed by atoms with Gasteiger partial charge in [-0.25, -0.2) is 0 Å². The van der Waals surface area contributed by atoms with Gasteiger partial charge in [0.25, 0.3) is 0 Å². The summed E-state index contributed by atoms with van der Waals surface area (Å²) in [4.78, 5) is 2.90. The molecule has 1 aromatic rings. The first-order chi connectivity index (χ1) is 6.93. The first-order valence-electron chi connectivity index (χ1n) is 5.10. The standard InChI is InChI=1S/C12H12S2/c1-2-6-9(5-1)12-13-10-7-3-4-8-11(10)14-12/h3-4,7-8H,1-2,5-6H2. The van der Waals surface area contributed by atoms with Gasteiger partial charge < -0.3 is 0 Å². The van der Waals surface area contributed by atoms with Gasteiger partial charge in [0.05, 0.1) is 0 Å². The average molecular weight is 220 g/mol. The van der Waals surface area contributed by atoms with E-state index >= 15 is 0 Å². The second-order valence-corrected chi connectivity index (χ2v) is 6.11. The van der Waals surface area contributed by atoms with Gasteiger partial charge in [0.1, 0.15) is 0 Å². The highest BCUT2D eigenvalue weighted by Crippen LogP contribution is 2.53. The van der Waals surface area contributed by atoms with Crippen molar-refractivity contribution in [3.05, 3.63) is 34.1 Å². The Kier molecular flexibility index (Phi) is 2.34. The molecule has 0 N–H and O–H groups in total. The first-order valence-corrected chi connectivity index (χ1v) is 6.73. The maximum atomic E-state index is 2.23. The lowest BCUT2D eigenvalue weighted by atomic mass is 10.3. The van der Waals surface area contributed by atoms with Crippen molar-refractivity contribution in [3.63, 3.8) is 0 Å². The Hall–Kier alpha value is -0.340. The zero-order valence-electron chi connectivity index (χ0n) is 7.95. The molecule has 0 bridgehead atoms. The Morgan fingerprint density at radius 1 is 0.857 bits per heavy atom. The fourth-order valence-electron chi connectivity index (χ4n) is 1.99. The normalized spacial score (nSPS) is 20.3. The van der Waals surface area contributed by atoms with Gasteiger partial charge in [-0.05, 0) is 43.4 Å². The zero-order valence-corrected chi connectivity index (χ0v) is 9.59. The largest absolute Gasteiger partial charge is 0.0816 e. The predicted molar refractivity (Wildman–Crippen MR) is 63.7 cm³/mol. The van der Waals surface area contributed by atoms with E-state index in [4.69, 9.17) is 0 Å². The molecule has 0 amide bonds. The van der Waals surface area contributed by atoms with Crippen LogP contribution in [0, 0.1) is 0 Å². The Balaban J connectivity index is 1.94. The molecule has 1 aliphatic heterocycles. The minimum Gasteiger partial charge on any atom is -0.0816 e. The van der Waals surface area contributed by atoms with Crippen molar-refractivity contribution in [2.75, 3.05) is 0 Å². The molecule has 72 valence electrons. The second-order valence-electron chi connectivity index (χ2n) is 3.75. The van der Waals surface area contributed by atoms with Crippen LogP contribution in [-0.4, -0.2) is 0 Å². The Bertz CT molecular complexity index is 358. The molecule has 0 unspecified atom stereocenters. The molecule has 0 nitrogen and oxygen atoms in total. The van der Waals surface area contributed by atoms with Crippen LogP contribution in [-0.2, 0) is 0 Å². The molecule has 2 aliphatic rings. The summed E-state index contributed by atoms with van der Waals surface area (Å²) < 4.78 is 1.57. The molecule has 0 saturated heterocycles. The highest BCUT2D eigenvalue weighted by atomic mass is 32.2. The van der Waals surface area contributed by atoms with E-state index in [9.17, 15) is 0 Å². The van der Waals surface area contributed by atoms with Crippen molar-refractivity contribution in [2.45, 2.75) is 35.5 Å². The van der Waals surface area contributed by atoms with E-state index in [1.54, 1.807) is 9.81 Å². The summed E-state index contributed by atoms with van der Waals surface area (Å²) in [6.07, 6.45) is 5.47. The van der Waals surface area contributed by atoms with Gasteiger partial charge in [0.2, 0.25) is 0 Å². The molecule has 14 heavy (non-hydrogen) atoms. The third-order valence-electron chi connectivity index (χ3n) is 2.75. The van der Waals surface area contributed by atoms with E-state index < -0.39 is 0 Å². The van der Waals surface area contributed by atoms with Crippen LogP contribution in [0.2, 0.25) is 0 Å². The summed E-state index contributed by atoms with van der Waals surface area (Å²) in [5.74, 6) is 0. The minimum absolute atomic E-state index is 1.34. The molecular weight excluding hydrogens is 208 g/mol. The lowest BCUT2D eigenvalue weighted by molar-refractivity contribution is 0.886. The number of allylic oxidation sites excluding steroid dienone is 1. The van der Waals surface area contributed by atoms with Crippen LogP contribution in [0.1, 0.15) is 25.7 Å². The average Bonchev–Trinajstić information content (AvgIpc) is 2.86. The molecular formula is C12H12S2. The third kappa shape index (κ3) is 1.51. The molecule has 1 aromatic carbocycles. The maximum Gasteiger partial charge on any atom is 0.0491 e. The van der Waals surface area contributed by atoms with Crippen molar-refractivity contribution in [1.82, 2.24) is 0 Å². The molecule has 0 spiro atoms. The molecule has 1 saturated carbocycles. The minimum atomic E-state index is 1.34. The Labute approximate surface area is 93.2 Å². The van der Waals surface area contributed by atoms with Gasteiger partial charge in [-0.3, -0.25) is 0 Å². The van der Waals surface area contributed by atoms with Gasteiger partial charge in [-0.1, -0.05) is 35.7 Å². The van der Waals surface area contributed by atoms with Crippen LogP contribution in [0.4, 0.5) is 0 Å². The molecule has 2 heteroatoms. The van der Waals surface area contributed by atoms with E-state index in [0.717, 1.165) is 0 Å². The smallest absolute Gasteiger partial charge is 0.0491 e. The molecule has 0 atom stereocenters. The summed E-state index contributed by atoms with van der Waals surface area (Å²) in [6.45, 7) is 0. The van der Waals surface area contributed by atoms with Gasteiger partial charge in [-0.15, -0.1) is 0 Å². The van der Waals surface area contributed by atoms with Crippen molar-refractivity contribution in [2.24, 2.45) is 0 Å². The zero-order chi connectivity index (χ0) is 9.38. The number of thioether (sulfide) groups is 2. The number of hydrogen-bond donors (Lipinski definition) is 0.